The van der Waals surface area contributed by atoms with Crippen molar-refractivity contribution in [3.05, 3.63) is 23.8 Å². The molecule has 0 saturated carbocycles. The molecule has 0 radical (unpaired) electrons. The SMILES string of the molecule is CCCC(COC)Nc1cccc(C(=O)OC)c1N. The Hall–Kier alpha value is -1.75. The van der Waals surface area contributed by atoms with E-state index in [1.165, 1.54) is 7.11 Å². The summed E-state index contributed by atoms with van der Waals surface area (Å²) in [5.74, 6) is -0.431. The highest BCUT2D eigenvalue weighted by molar-refractivity contribution is 5.98. The van der Waals surface area contributed by atoms with E-state index in [0.717, 1.165) is 18.5 Å². The Bertz CT molecular complexity index is 415. The van der Waals surface area contributed by atoms with Crippen molar-refractivity contribution in [1.29, 1.82) is 0 Å². The maximum Gasteiger partial charge on any atom is 0.340 e. The van der Waals surface area contributed by atoms with E-state index in [1.54, 1.807) is 19.2 Å². The van der Waals surface area contributed by atoms with Gasteiger partial charge in [-0.2, -0.15) is 0 Å². The van der Waals surface area contributed by atoms with Crippen LogP contribution >= 0.6 is 0 Å². The first kappa shape index (κ1) is 15.3. The van der Waals surface area contributed by atoms with Crippen molar-refractivity contribution in [2.24, 2.45) is 0 Å². The van der Waals surface area contributed by atoms with Crippen LogP contribution in [0.5, 0.6) is 0 Å². The van der Waals surface area contributed by atoms with Crippen LogP contribution in [0.1, 0.15) is 30.1 Å². The summed E-state index contributed by atoms with van der Waals surface area (Å²) in [6.45, 7) is 2.70. The molecule has 0 aliphatic heterocycles. The summed E-state index contributed by atoms with van der Waals surface area (Å²) in [5.41, 5.74) is 7.51. The van der Waals surface area contributed by atoms with Gasteiger partial charge in [-0.15, -0.1) is 0 Å². The lowest BCUT2D eigenvalue weighted by Gasteiger charge is -2.20. The first-order valence-electron chi connectivity index (χ1n) is 6.36. The minimum atomic E-state index is -0.431. The molecule has 1 aromatic carbocycles. The van der Waals surface area contributed by atoms with Gasteiger partial charge in [0.1, 0.15) is 0 Å². The molecule has 1 rings (SSSR count). The normalized spacial score (nSPS) is 11.9. The van der Waals surface area contributed by atoms with E-state index >= 15 is 0 Å². The van der Waals surface area contributed by atoms with Crippen LogP contribution in [0.4, 0.5) is 11.4 Å². The number of carbonyl (C=O) groups is 1. The average molecular weight is 266 g/mol. The van der Waals surface area contributed by atoms with Crippen LogP contribution in [0, 0.1) is 0 Å². The van der Waals surface area contributed by atoms with E-state index in [4.69, 9.17) is 15.2 Å². The number of nitrogen functional groups attached to an aromatic ring is 1. The van der Waals surface area contributed by atoms with Crippen molar-refractivity contribution in [2.45, 2.75) is 25.8 Å². The molecular formula is C14H22N2O3. The molecule has 0 bridgehead atoms. The van der Waals surface area contributed by atoms with Gasteiger partial charge < -0.3 is 20.5 Å². The minimum Gasteiger partial charge on any atom is -0.465 e. The van der Waals surface area contributed by atoms with Crippen LogP contribution in [-0.2, 0) is 9.47 Å². The third-order valence-electron chi connectivity index (χ3n) is 2.88. The Morgan fingerprint density at radius 3 is 2.74 bits per heavy atom. The van der Waals surface area contributed by atoms with Crippen LogP contribution in [-0.4, -0.2) is 32.8 Å². The first-order valence-corrected chi connectivity index (χ1v) is 6.36. The van der Waals surface area contributed by atoms with Crippen molar-refractivity contribution in [3.8, 4) is 0 Å². The van der Waals surface area contributed by atoms with Crippen molar-refractivity contribution < 1.29 is 14.3 Å². The Morgan fingerprint density at radius 2 is 2.16 bits per heavy atom. The zero-order valence-electron chi connectivity index (χ0n) is 11.7. The summed E-state index contributed by atoms with van der Waals surface area (Å²) in [6.07, 6.45) is 2.01. The summed E-state index contributed by atoms with van der Waals surface area (Å²) in [5, 5.41) is 3.31. The highest BCUT2D eigenvalue weighted by Crippen LogP contribution is 2.24. The second kappa shape index (κ2) is 7.63. The number of ether oxygens (including phenoxy) is 2. The number of carbonyl (C=O) groups excluding carboxylic acids is 1. The molecule has 1 atom stereocenters. The molecule has 3 N–H and O–H groups in total. The van der Waals surface area contributed by atoms with Crippen molar-refractivity contribution in [1.82, 2.24) is 0 Å². The van der Waals surface area contributed by atoms with E-state index in [2.05, 4.69) is 12.2 Å². The number of methoxy groups -OCH3 is 2. The molecule has 0 fully saturated rings. The standard InChI is InChI=1S/C14H22N2O3/c1-4-6-10(9-18-2)16-12-8-5-7-11(13(12)15)14(17)19-3/h5,7-8,10,16H,4,6,9,15H2,1-3H3. The Labute approximate surface area is 114 Å². The van der Waals surface area contributed by atoms with Gasteiger partial charge in [0.15, 0.2) is 0 Å². The third-order valence-corrected chi connectivity index (χ3v) is 2.88. The molecule has 0 aliphatic rings. The Balaban J connectivity index is 2.91. The fourth-order valence-electron chi connectivity index (χ4n) is 1.95. The monoisotopic (exact) mass is 266 g/mol. The molecule has 0 heterocycles. The van der Waals surface area contributed by atoms with Gasteiger partial charge in [0.25, 0.3) is 0 Å². The van der Waals surface area contributed by atoms with Gasteiger partial charge in [0.2, 0.25) is 0 Å². The second-order valence-corrected chi connectivity index (χ2v) is 4.34. The van der Waals surface area contributed by atoms with Gasteiger partial charge in [-0.05, 0) is 18.6 Å². The van der Waals surface area contributed by atoms with Gasteiger partial charge in [-0.1, -0.05) is 19.4 Å². The van der Waals surface area contributed by atoms with E-state index in [1.807, 2.05) is 6.07 Å². The van der Waals surface area contributed by atoms with Crippen molar-refractivity contribution in [3.63, 3.8) is 0 Å². The number of rotatable bonds is 7. The Kier molecular flexibility index (Phi) is 6.15. The predicted octanol–water partition coefficient (Wildman–Crippen LogP) is 2.28. The quantitative estimate of drug-likeness (QED) is 0.585. The molecule has 0 aromatic heterocycles. The molecule has 1 aromatic rings. The number of esters is 1. The molecule has 0 amide bonds. The maximum absolute atomic E-state index is 11.6. The van der Waals surface area contributed by atoms with Crippen LogP contribution in [0.2, 0.25) is 0 Å². The first-order chi connectivity index (χ1) is 9.13. The molecule has 0 saturated heterocycles. The number of benzene rings is 1. The highest BCUT2D eigenvalue weighted by atomic mass is 16.5. The number of para-hydroxylation sites is 1. The summed E-state index contributed by atoms with van der Waals surface area (Å²) in [6, 6.07) is 5.45. The molecule has 0 aliphatic carbocycles. The van der Waals surface area contributed by atoms with E-state index in [0.29, 0.717) is 17.9 Å². The van der Waals surface area contributed by atoms with Gasteiger partial charge in [0.05, 0.1) is 30.7 Å². The predicted molar refractivity (Wildman–Crippen MR) is 76.4 cm³/mol. The zero-order chi connectivity index (χ0) is 14.3. The third kappa shape index (κ3) is 4.13. The van der Waals surface area contributed by atoms with E-state index < -0.39 is 5.97 Å². The van der Waals surface area contributed by atoms with Gasteiger partial charge in [-0.3, -0.25) is 0 Å². The fourth-order valence-corrected chi connectivity index (χ4v) is 1.95. The van der Waals surface area contributed by atoms with Crippen LogP contribution in [0.3, 0.4) is 0 Å². The fraction of sp³-hybridized carbons (Fsp3) is 0.500. The number of nitrogens with two attached hydrogens (primary N) is 1. The molecule has 1 unspecified atom stereocenters. The zero-order valence-corrected chi connectivity index (χ0v) is 11.7. The molecule has 5 heteroatoms. The van der Waals surface area contributed by atoms with Gasteiger partial charge in [-0.25, -0.2) is 4.79 Å². The molecular weight excluding hydrogens is 244 g/mol. The number of anilines is 2. The van der Waals surface area contributed by atoms with Gasteiger partial charge >= 0.3 is 5.97 Å². The van der Waals surface area contributed by atoms with E-state index in [-0.39, 0.29) is 6.04 Å². The summed E-state index contributed by atoms with van der Waals surface area (Å²) in [7, 11) is 3.01. The second-order valence-electron chi connectivity index (χ2n) is 4.34. The highest BCUT2D eigenvalue weighted by Gasteiger charge is 2.15. The lowest BCUT2D eigenvalue weighted by molar-refractivity contribution is 0.0602. The smallest absolute Gasteiger partial charge is 0.340 e. The number of hydrogen-bond donors (Lipinski definition) is 2. The number of hydrogen-bond acceptors (Lipinski definition) is 5. The Morgan fingerprint density at radius 1 is 1.42 bits per heavy atom. The minimum absolute atomic E-state index is 0.171. The summed E-state index contributed by atoms with van der Waals surface area (Å²) >= 11 is 0. The number of nitrogens with one attached hydrogen (secondary N) is 1. The van der Waals surface area contributed by atoms with Crippen molar-refractivity contribution in [2.75, 3.05) is 31.9 Å². The molecule has 19 heavy (non-hydrogen) atoms. The topological polar surface area (TPSA) is 73.6 Å². The van der Waals surface area contributed by atoms with Crippen LogP contribution < -0.4 is 11.1 Å². The molecule has 106 valence electrons. The molecule has 0 spiro atoms. The van der Waals surface area contributed by atoms with Gasteiger partial charge in [0, 0.05) is 13.2 Å². The largest absolute Gasteiger partial charge is 0.465 e. The lowest BCUT2D eigenvalue weighted by atomic mass is 10.1. The lowest BCUT2D eigenvalue weighted by Crippen LogP contribution is -2.25. The van der Waals surface area contributed by atoms with Crippen LogP contribution in [0.15, 0.2) is 18.2 Å². The van der Waals surface area contributed by atoms with Crippen molar-refractivity contribution >= 4 is 17.3 Å². The molecule has 5 nitrogen and oxygen atoms in total. The summed E-state index contributed by atoms with van der Waals surface area (Å²) < 4.78 is 9.87. The maximum atomic E-state index is 11.6. The average Bonchev–Trinajstić information content (AvgIpc) is 2.41. The summed E-state index contributed by atoms with van der Waals surface area (Å²) in [4.78, 5) is 11.6. The van der Waals surface area contributed by atoms with Crippen LogP contribution in [0.25, 0.3) is 0 Å². The van der Waals surface area contributed by atoms with E-state index in [9.17, 15) is 4.79 Å².